The highest BCUT2D eigenvalue weighted by Gasteiger charge is 2.22. The molecule has 0 radical (unpaired) electrons. The minimum atomic E-state index is -0.352. The van der Waals surface area contributed by atoms with E-state index in [2.05, 4.69) is 9.98 Å². The number of ketones is 1. The van der Waals surface area contributed by atoms with Crippen LogP contribution in [0.3, 0.4) is 0 Å². The molecule has 1 heterocycles. The number of carbonyl (C=O) groups excluding carboxylic acids is 1. The molecule has 0 saturated carbocycles. The van der Waals surface area contributed by atoms with Gasteiger partial charge in [-0.05, 0) is 55.0 Å². The molecule has 0 saturated heterocycles. The number of benzene rings is 2. The number of amidine groups is 2. The number of rotatable bonds is 3. The fourth-order valence-electron chi connectivity index (χ4n) is 2.57. The van der Waals surface area contributed by atoms with Gasteiger partial charge in [0.15, 0.2) is 11.7 Å². The molecule has 7 heteroatoms. The Kier molecular flexibility index (Phi) is 4.45. The molecule has 0 atom stereocenters. The van der Waals surface area contributed by atoms with Crippen molar-refractivity contribution in [3.05, 3.63) is 59.8 Å². The van der Waals surface area contributed by atoms with E-state index in [0.717, 1.165) is 11.3 Å². The molecule has 2 aromatic rings. The molecule has 0 unspecified atom stereocenters. The summed E-state index contributed by atoms with van der Waals surface area (Å²) in [6, 6.07) is 12.7. The Morgan fingerprint density at radius 3 is 2.31 bits per heavy atom. The van der Waals surface area contributed by atoms with Crippen LogP contribution < -0.4 is 22.1 Å². The summed E-state index contributed by atoms with van der Waals surface area (Å²) in [6.07, 6.45) is 1.43. The van der Waals surface area contributed by atoms with Gasteiger partial charge in [-0.2, -0.15) is 0 Å². The minimum absolute atomic E-state index is 0.0914. The summed E-state index contributed by atoms with van der Waals surface area (Å²) in [5.41, 5.74) is 21.6. The van der Waals surface area contributed by atoms with Gasteiger partial charge in [-0.1, -0.05) is 0 Å². The largest absolute Gasteiger partial charge is 0.399 e. The van der Waals surface area contributed by atoms with E-state index in [1.54, 1.807) is 24.3 Å². The van der Waals surface area contributed by atoms with E-state index in [9.17, 15) is 4.79 Å². The van der Waals surface area contributed by atoms with Gasteiger partial charge in [0.25, 0.3) is 0 Å². The molecule has 0 bridgehead atoms. The number of dihydropyridines is 1. The lowest BCUT2D eigenvalue weighted by Gasteiger charge is -2.24. The SMILES string of the molecule is Cc1cc(N)ccc1N=C1N=C(N)C(=O)C=C1N(C)c1ccc(N)cc1. The number of hydrogen-bond donors (Lipinski definition) is 3. The molecule has 6 N–H and O–H groups in total. The first kappa shape index (κ1) is 17.2. The number of hydrogen-bond acceptors (Lipinski definition) is 6. The standard InChI is InChI=1S/C19H20N6O/c1-11-9-13(21)5-8-15(11)23-19-16(10-17(26)18(22)24-19)25(2)14-6-3-12(20)4-7-14/h3-10H,20-21H2,1-2H3,(H2,22,23,24). The van der Waals surface area contributed by atoms with Gasteiger partial charge in [-0.15, -0.1) is 0 Å². The van der Waals surface area contributed by atoms with Crippen molar-refractivity contribution < 1.29 is 4.79 Å². The smallest absolute Gasteiger partial charge is 0.222 e. The molecular formula is C19H20N6O. The summed E-state index contributed by atoms with van der Waals surface area (Å²) in [7, 11) is 1.83. The summed E-state index contributed by atoms with van der Waals surface area (Å²) in [5, 5.41) is 0. The number of nitrogens with zero attached hydrogens (tertiary/aromatic N) is 3. The van der Waals surface area contributed by atoms with Crippen LogP contribution in [0, 0.1) is 6.92 Å². The summed E-state index contributed by atoms with van der Waals surface area (Å²) >= 11 is 0. The Bertz CT molecular complexity index is 956. The van der Waals surface area contributed by atoms with Crippen LogP contribution in [0.15, 0.2) is 64.2 Å². The third kappa shape index (κ3) is 3.41. The number of anilines is 3. The lowest BCUT2D eigenvalue weighted by molar-refractivity contribution is -0.109. The Morgan fingerprint density at radius 2 is 1.65 bits per heavy atom. The van der Waals surface area contributed by atoms with E-state index in [-0.39, 0.29) is 11.6 Å². The molecule has 0 aromatic heterocycles. The molecule has 0 fully saturated rings. The fraction of sp³-hybridized carbons (Fsp3) is 0.105. The zero-order chi connectivity index (χ0) is 18.8. The third-order valence-corrected chi connectivity index (χ3v) is 4.06. The second kappa shape index (κ2) is 6.72. The van der Waals surface area contributed by atoms with Crippen molar-refractivity contribution in [2.45, 2.75) is 6.92 Å². The molecule has 0 amide bonds. The number of aliphatic imine (C=N–C) groups is 2. The zero-order valence-corrected chi connectivity index (χ0v) is 14.6. The van der Waals surface area contributed by atoms with Crippen LogP contribution in [-0.2, 0) is 4.79 Å². The highest BCUT2D eigenvalue weighted by molar-refractivity contribution is 6.47. The van der Waals surface area contributed by atoms with Gasteiger partial charge < -0.3 is 22.1 Å². The van der Waals surface area contributed by atoms with Gasteiger partial charge in [0.1, 0.15) is 0 Å². The van der Waals surface area contributed by atoms with Crippen molar-refractivity contribution in [2.24, 2.45) is 15.7 Å². The average molecular weight is 348 g/mol. The summed E-state index contributed by atoms with van der Waals surface area (Å²) in [5.74, 6) is -0.0872. The van der Waals surface area contributed by atoms with Gasteiger partial charge in [-0.25, -0.2) is 9.98 Å². The first-order valence-corrected chi connectivity index (χ1v) is 8.00. The van der Waals surface area contributed by atoms with Crippen molar-refractivity contribution in [3.63, 3.8) is 0 Å². The third-order valence-electron chi connectivity index (χ3n) is 4.06. The molecular weight excluding hydrogens is 328 g/mol. The molecule has 0 spiro atoms. The number of carbonyl (C=O) groups is 1. The summed E-state index contributed by atoms with van der Waals surface area (Å²) in [4.78, 5) is 22.7. The molecule has 26 heavy (non-hydrogen) atoms. The van der Waals surface area contributed by atoms with Crippen LogP contribution >= 0.6 is 0 Å². The van der Waals surface area contributed by atoms with Crippen molar-refractivity contribution in [1.29, 1.82) is 0 Å². The fourth-order valence-corrected chi connectivity index (χ4v) is 2.57. The van der Waals surface area contributed by atoms with Gasteiger partial charge in [0.05, 0.1) is 11.4 Å². The summed E-state index contributed by atoms with van der Waals surface area (Å²) in [6.45, 7) is 1.91. The predicted octanol–water partition coefficient (Wildman–Crippen LogP) is 2.15. The molecule has 1 aliphatic heterocycles. The summed E-state index contributed by atoms with van der Waals surface area (Å²) < 4.78 is 0. The average Bonchev–Trinajstić information content (AvgIpc) is 2.60. The lowest BCUT2D eigenvalue weighted by Crippen LogP contribution is -2.33. The van der Waals surface area contributed by atoms with Crippen LogP contribution in [0.2, 0.25) is 0 Å². The van der Waals surface area contributed by atoms with E-state index in [1.807, 2.05) is 37.1 Å². The second-order valence-electron chi connectivity index (χ2n) is 6.02. The van der Waals surface area contributed by atoms with E-state index >= 15 is 0 Å². The van der Waals surface area contributed by atoms with E-state index in [4.69, 9.17) is 17.2 Å². The highest BCUT2D eigenvalue weighted by atomic mass is 16.1. The first-order chi connectivity index (χ1) is 12.3. The minimum Gasteiger partial charge on any atom is -0.399 e. The van der Waals surface area contributed by atoms with E-state index in [1.165, 1.54) is 6.08 Å². The number of aryl methyl sites for hydroxylation is 1. The molecule has 3 rings (SSSR count). The van der Waals surface area contributed by atoms with Gasteiger partial charge in [0, 0.05) is 30.2 Å². The molecule has 0 aliphatic carbocycles. The molecule has 1 aliphatic rings. The Balaban J connectivity index is 2.05. The van der Waals surface area contributed by atoms with Crippen LogP contribution in [-0.4, -0.2) is 24.5 Å². The zero-order valence-electron chi connectivity index (χ0n) is 14.6. The van der Waals surface area contributed by atoms with Crippen molar-refractivity contribution in [3.8, 4) is 0 Å². The van der Waals surface area contributed by atoms with Gasteiger partial charge in [0.2, 0.25) is 5.78 Å². The lowest BCUT2D eigenvalue weighted by atomic mass is 10.1. The number of nitrogens with two attached hydrogens (primary N) is 3. The topological polar surface area (TPSA) is 123 Å². The molecule has 132 valence electrons. The first-order valence-electron chi connectivity index (χ1n) is 8.00. The Labute approximate surface area is 151 Å². The van der Waals surface area contributed by atoms with Crippen molar-refractivity contribution >= 4 is 40.2 Å². The van der Waals surface area contributed by atoms with Crippen LogP contribution in [0.5, 0.6) is 0 Å². The van der Waals surface area contributed by atoms with Gasteiger partial charge >= 0.3 is 0 Å². The maximum absolute atomic E-state index is 12.1. The monoisotopic (exact) mass is 348 g/mol. The Hall–Kier alpha value is -3.61. The maximum Gasteiger partial charge on any atom is 0.222 e. The number of likely N-dealkylation sites (N-methyl/N-ethyl adjacent to an activating group) is 1. The Morgan fingerprint density at radius 1 is 1.00 bits per heavy atom. The van der Waals surface area contributed by atoms with Crippen molar-refractivity contribution in [2.75, 3.05) is 23.4 Å². The van der Waals surface area contributed by atoms with Crippen molar-refractivity contribution in [1.82, 2.24) is 0 Å². The molecule has 2 aromatic carbocycles. The number of nitrogen functional groups attached to an aromatic ring is 2. The maximum atomic E-state index is 12.1. The van der Waals surface area contributed by atoms with Crippen LogP contribution in [0.25, 0.3) is 0 Å². The predicted molar refractivity (Wildman–Crippen MR) is 107 cm³/mol. The highest BCUT2D eigenvalue weighted by Crippen LogP contribution is 2.26. The van der Waals surface area contributed by atoms with E-state index < -0.39 is 0 Å². The van der Waals surface area contributed by atoms with Crippen LogP contribution in [0.1, 0.15) is 5.56 Å². The van der Waals surface area contributed by atoms with Gasteiger partial charge in [-0.3, -0.25) is 4.79 Å². The van der Waals surface area contributed by atoms with Crippen LogP contribution in [0.4, 0.5) is 22.7 Å². The second-order valence-corrected chi connectivity index (χ2v) is 6.02. The normalized spacial score (nSPS) is 15.6. The molecule has 7 nitrogen and oxygen atoms in total. The van der Waals surface area contributed by atoms with E-state index in [0.29, 0.717) is 28.6 Å². The quantitative estimate of drug-likeness (QED) is 0.733.